The third kappa shape index (κ3) is 1.21. The lowest BCUT2D eigenvalue weighted by atomic mass is 10.1. The van der Waals surface area contributed by atoms with Gasteiger partial charge in [0.15, 0.2) is 0 Å². The van der Waals surface area contributed by atoms with Crippen LogP contribution < -0.4 is 5.73 Å². The Morgan fingerprint density at radius 2 is 2.21 bits per heavy atom. The molecule has 2 aromatic rings. The van der Waals surface area contributed by atoms with Crippen molar-refractivity contribution in [3.8, 4) is 0 Å². The van der Waals surface area contributed by atoms with Gasteiger partial charge in [0.25, 0.3) is 0 Å². The number of hydrogen-bond donors (Lipinski definition) is 1. The molecule has 0 spiro atoms. The molecule has 0 saturated carbocycles. The van der Waals surface area contributed by atoms with Crippen LogP contribution in [0.5, 0.6) is 0 Å². The van der Waals surface area contributed by atoms with Gasteiger partial charge in [0, 0.05) is 19.0 Å². The zero-order chi connectivity index (χ0) is 10.3. The molecule has 0 aliphatic heterocycles. The van der Waals surface area contributed by atoms with E-state index in [1.165, 1.54) is 0 Å². The minimum atomic E-state index is 0.461. The fourth-order valence-corrected chi connectivity index (χ4v) is 2.08. The van der Waals surface area contributed by atoms with Gasteiger partial charge >= 0.3 is 0 Å². The molecule has 0 saturated heterocycles. The molecular weight excluding hydrogens is 198 g/mol. The van der Waals surface area contributed by atoms with Gasteiger partial charge in [-0.05, 0) is 18.6 Å². The highest BCUT2D eigenvalue weighted by Crippen LogP contribution is 2.29. The summed E-state index contributed by atoms with van der Waals surface area (Å²) >= 11 is 6.23. The first-order valence-corrected chi connectivity index (χ1v) is 4.83. The Bertz CT molecular complexity index is 488. The number of benzene rings is 1. The van der Waals surface area contributed by atoms with Crippen LogP contribution in [-0.4, -0.2) is 9.78 Å². The van der Waals surface area contributed by atoms with E-state index in [0.29, 0.717) is 6.54 Å². The van der Waals surface area contributed by atoms with Crippen LogP contribution >= 0.6 is 11.6 Å². The summed E-state index contributed by atoms with van der Waals surface area (Å²) in [6, 6.07) is 3.95. The van der Waals surface area contributed by atoms with Crippen LogP contribution in [0, 0.1) is 6.92 Å². The van der Waals surface area contributed by atoms with Gasteiger partial charge in [-0.3, -0.25) is 4.68 Å². The van der Waals surface area contributed by atoms with Crippen LogP contribution in [0.3, 0.4) is 0 Å². The van der Waals surface area contributed by atoms with Crippen molar-refractivity contribution < 1.29 is 0 Å². The molecule has 0 atom stereocenters. The van der Waals surface area contributed by atoms with E-state index in [1.54, 1.807) is 0 Å². The van der Waals surface area contributed by atoms with Gasteiger partial charge in [-0.2, -0.15) is 5.10 Å². The molecule has 0 bridgehead atoms. The molecule has 2 N–H and O–H groups in total. The molecule has 14 heavy (non-hydrogen) atoms. The average Bonchev–Trinajstić information content (AvgIpc) is 2.44. The highest BCUT2D eigenvalue weighted by molar-refractivity contribution is 6.36. The summed E-state index contributed by atoms with van der Waals surface area (Å²) in [6.45, 7) is 2.41. The molecule has 0 radical (unpaired) electrons. The third-order valence-corrected chi connectivity index (χ3v) is 2.86. The highest BCUT2D eigenvalue weighted by atomic mass is 35.5. The third-order valence-electron chi connectivity index (χ3n) is 2.43. The van der Waals surface area contributed by atoms with Crippen LogP contribution in [0.4, 0.5) is 0 Å². The number of halogens is 1. The summed E-state index contributed by atoms with van der Waals surface area (Å²) in [5.74, 6) is 0. The van der Waals surface area contributed by atoms with Crippen molar-refractivity contribution in [3.05, 3.63) is 28.4 Å². The Labute approximate surface area is 87.5 Å². The minimum Gasteiger partial charge on any atom is -0.326 e. The maximum Gasteiger partial charge on any atom is 0.0697 e. The molecule has 3 nitrogen and oxygen atoms in total. The normalized spacial score (nSPS) is 11.1. The van der Waals surface area contributed by atoms with Crippen molar-refractivity contribution in [2.45, 2.75) is 13.5 Å². The Hall–Kier alpha value is -1.06. The average molecular weight is 210 g/mol. The van der Waals surface area contributed by atoms with Gasteiger partial charge in [-0.1, -0.05) is 17.7 Å². The standard InChI is InChI=1S/C10H12ClN3/c1-6-9-8(14(2)13-6)4-3-7(5-12)10(9)11/h3-4H,5,12H2,1-2H3. The molecule has 0 unspecified atom stereocenters. The highest BCUT2D eigenvalue weighted by Gasteiger charge is 2.10. The maximum absolute atomic E-state index is 6.23. The second-order valence-electron chi connectivity index (χ2n) is 3.35. The van der Waals surface area contributed by atoms with Crippen molar-refractivity contribution in [2.24, 2.45) is 12.8 Å². The van der Waals surface area contributed by atoms with Crippen LogP contribution in [0.15, 0.2) is 12.1 Å². The molecule has 1 aromatic heterocycles. The summed E-state index contributed by atoms with van der Waals surface area (Å²) in [7, 11) is 1.91. The number of aryl methyl sites for hydroxylation is 2. The number of hydrogen-bond acceptors (Lipinski definition) is 2. The van der Waals surface area contributed by atoms with Gasteiger partial charge in [-0.25, -0.2) is 0 Å². The molecule has 4 heteroatoms. The number of fused-ring (bicyclic) bond motifs is 1. The second-order valence-corrected chi connectivity index (χ2v) is 3.72. The first kappa shape index (κ1) is 9.49. The van der Waals surface area contributed by atoms with E-state index in [4.69, 9.17) is 17.3 Å². The second kappa shape index (κ2) is 3.26. The van der Waals surface area contributed by atoms with E-state index in [-0.39, 0.29) is 0 Å². The zero-order valence-electron chi connectivity index (χ0n) is 8.21. The van der Waals surface area contributed by atoms with E-state index in [0.717, 1.165) is 27.2 Å². The molecule has 2 rings (SSSR count). The molecule has 1 aromatic carbocycles. The quantitative estimate of drug-likeness (QED) is 0.781. The summed E-state index contributed by atoms with van der Waals surface area (Å²) in [5, 5.41) is 6.06. The maximum atomic E-state index is 6.23. The number of nitrogens with zero attached hydrogens (tertiary/aromatic N) is 2. The van der Waals surface area contributed by atoms with Gasteiger partial charge in [0.05, 0.1) is 16.2 Å². The van der Waals surface area contributed by atoms with Crippen molar-refractivity contribution in [2.75, 3.05) is 0 Å². The molecular formula is C10H12ClN3. The largest absolute Gasteiger partial charge is 0.326 e. The first-order chi connectivity index (χ1) is 6.65. The van der Waals surface area contributed by atoms with Gasteiger partial charge in [-0.15, -0.1) is 0 Å². The predicted molar refractivity (Wildman–Crippen MR) is 58.4 cm³/mol. The van der Waals surface area contributed by atoms with E-state index in [9.17, 15) is 0 Å². The lowest BCUT2D eigenvalue weighted by Gasteiger charge is -2.02. The summed E-state index contributed by atoms with van der Waals surface area (Å²) in [5.41, 5.74) is 8.55. The van der Waals surface area contributed by atoms with E-state index < -0.39 is 0 Å². The van der Waals surface area contributed by atoms with Crippen LogP contribution in [-0.2, 0) is 13.6 Å². The number of aromatic nitrogens is 2. The topological polar surface area (TPSA) is 43.8 Å². The lowest BCUT2D eigenvalue weighted by Crippen LogP contribution is -1.97. The van der Waals surface area contributed by atoms with E-state index in [1.807, 2.05) is 30.8 Å². The SMILES string of the molecule is Cc1nn(C)c2ccc(CN)c(Cl)c12. The number of nitrogens with two attached hydrogens (primary N) is 1. The molecule has 1 heterocycles. The molecule has 0 amide bonds. The Kier molecular flexibility index (Phi) is 2.21. The summed E-state index contributed by atoms with van der Waals surface area (Å²) < 4.78 is 1.83. The Morgan fingerprint density at radius 1 is 1.50 bits per heavy atom. The van der Waals surface area contributed by atoms with Gasteiger partial charge in [0.2, 0.25) is 0 Å². The summed E-state index contributed by atoms with van der Waals surface area (Å²) in [4.78, 5) is 0. The van der Waals surface area contributed by atoms with Gasteiger partial charge < -0.3 is 5.73 Å². The lowest BCUT2D eigenvalue weighted by molar-refractivity contribution is 0.783. The first-order valence-electron chi connectivity index (χ1n) is 4.46. The molecule has 0 aliphatic carbocycles. The fourth-order valence-electron chi connectivity index (χ4n) is 1.71. The van der Waals surface area contributed by atoms with Crippen molar-refractivity contribution >= 4 is 22.5 Å². The Morgan fingerprint density at radius 3 is 2.86 bits per heavy atom. The number of rotatable bonds is 1. The van der Waals surface area contributed by atoms with E-state index in [2.05, 4.69) is 5.10 Å². The fraction of sp³-hybridized carbons (Fsp3) is 0.300. The van der Waals surface area contributed by atoms with E-state index >= 15 is 0 Å². The molecule has 74 valence electrons. The Balaban J connectivity index is 2.87. The van der Waals surface area contributed by atoms with Crippen LogP contribution in [0.2, 0.25) is 5.02 Å². The van der Waals surface area contributed by atoms with Crippen LogP contribution in [0.1, 0.15) is 11.3 Å². The van der Waals surface area contributed by atoms with Crippen molar-refractivity contribution in [1.82, 2.24) is 9.78 Å². The van der Waals surface area contributed by atoms with Crippen molar-refractivity contribution in [1.29, 1.82) is 0 Å². The monoisotopic (exact) mass is 209 g/mol. The zero-order valence-corrected chi connectivity index (χ0v) is 8.97. The molecule has 0 fully saturated rings. The van der Waals surface area contributed by atoms with Gasteiger partial charge in [0.1, 0.15) is 0 Å². The minimum absolute atomic E-state index is 0.461. The molecule has 0 aliphatic rings. The van der Waals surface area contributed by atoms with Crippen LogP contribution in [0.25, 0.3) is 10.9 Å². The predicted octanol–water partition coefficient (Wildman–Crippen LogP) is 1.99. The van der Waals surface area contributed by atoms with Crippen molar-refractivity contribution in [3.63, 3.8) is 0 Å². The summed E-state index contributed by atoms with van der Waals surface area (Å²) in [6.07, 6.45) is 0. The smallest absolute Gasteiger partial charge is 0.0697 e.